The molecule has 8 heteroatoms. The summed E-state index contributed by atoms with van der Waals surface area (Å²) in [5.74, 6) is 1.87. The highest BCUT2D eigenvalue weighted by atomic mass is 79.9. The van der Waals surface area contributed by atoms with Gasteiger partial charge in [0.2, 0.25) is 5.89 Å². The van der Waals surface area contributed by atoms with E-state index in [1.54, 1.807) is 11.8 Å². The second kappa shape index (κ2) is 7.16. The van der Waals surface area contributed by atoms with Crippen molar-refractivity contribution in [2.24, 2.45) is 0 Å². The molecule has 2 rings (SSSR count). The minimum absolute atomic E-state index is 0.121. The van der Waals surface area contributed by atoms with Crippen LogP contribution in [0.2, 0.25) is 0 Å². The van der Waals surface area contributed by atoms with Gasteiger partial charge in [0.05, 0.1) is 5.75 Å². The Hall–Kier alpha value is -0.730. The van der Waals surface area contributed by atoms with Gasteiger partial charge in [-0.1, -0.05) is 15.9 Å². The second-order valence-corrected chi connectivity index (χ2v) is 6.47. The first-order valence-corrected chi connectivity index (χ1v) is 8.18. The van der Waals surface area contributed by atoms with E-state index in [2.05, 4.69) is 42.1 Å². The first kappa shape index (κ1) is 14.7. The average Bonchev–Trinajstić information content (AvgIpc) is 2.78. The zero-order valence-electron chi connectivity index (χ0n) is 9.64. The Bertz CT molecular complexity index is 570. The molecule has 1 unspecified atom stereocenters. The number of hydrogen-bond donors (Lipinski definition) is 1. The molecule has 0 aliphatic rings. The van der Waals surface area contributed by atoms with Crippen molar-refractivity contribution in [3.63, 3.8) is 0 Å². The average molecular weight is 410 g/mol. The molecular formula is C11H10Br2N2O3S. The molecule has 0 fully saturated rings. The highest BCUT2D eigenvalue weighted by Crippen LogP contribution is 2.21. The normalized spacial score (nSPS) is 12.3. The third-order valence-corrected chi connectivity index (χ3v) is 4.49. The fourth-order valence-electron chi connectivity index (χ4n) is 1.26. The highest BCUT2D eigenvalue weighted by molar-refractivity contribution is 9.10. The molecule has 19 heavy (non-hydrogen) atoms. The number of hydrogen-bond acceptors (Lipinski definition) is 5. The lowest BCUT2D eigenvalue weighted by Gasteiger charge is -2.12. The molecule has 0 saturated carbocycles. The quantitative estimate of drug-likeness (QED) is 0.742. The lowest BCUT2D eigenvalue weighted by atomic mass is 10.3. The molecule has 1 aromatic heterocycles. The number of H-pyrrole nitrogens is 1. The van der Waals surface area contributed by atoms with Gasteiger partial charge < -0.3 is 9.15 Å². The van der Waals surface area contributed by atoms with Crippen LogP contribution >= 0.6 is 43.6 Å². The summed E-state index contributed by atoms with van der Waals surface area (Å²) in [6.45, 7) is 0. The molecule has 1 N–H and O–H groups in total. The first-order valence-electron chi connectivity index (χ1n) is 5.32. The monoisotopic (exact) mass is 408 g/mol. The molecule has 0 aliphatic heterocycles. The summed E-state index contributed by atoms with van der Waals surface area (Å²) >= 11 is 8.35. The maximum absolute atomic E-state index is 10.7. The van der Waals surface area contributed by atoms with Crippen molar-refractivity contribution >= 4 is 43.6 Å². The van der Waals surface area contributed by atoms with Gasteiger partial charge in [-0.05, 0) is 40.2 Å². The van der Waals surface area contributed by atoms with E-state index in [4.69, 9.17) is 9.15 Å². The number of benzene rings is 1. The topological polar surface area (TPSA) is 68.1 Å². The van der Waals surface area contributed by atoms with E-state index in [-0.39, 0.29) is 5.01 Å². The summed E-state index contributed by atoms with van der Waals surface area (Å²) in [5, 5.41) is 5.82. The number of rotatable bonds is 6. The van der Waals surface area contributed by atoms with Gasteiger partial charge in [0, 0.05) is 10.2 Å². The molecule has 5 nitrogen and oxygen atoms in total. The standard InChI is InChI=1S/C11H10Br2N2O3S/c12-7-1-3-8(4-2-7)17-9(13)5-19-6-10-14-15-11(16)18-10/h1-4,9H,5-6H2,(H,15,16). The van der Waals surface area contributed by atoms with Crippen LogP contribution < -0.4 is 10.5 Å². The van der Waals surface area contributed by atoms with E-state index < -0.39 is 5.76 Å². The van der Waals surface area contributed by atoms with Gasteiger partial charge in [0.1, 0.15) is 5.75 Å². The molecule has 102 valence electrons. The lowest BCUT2D eigenvalue weighted by molar-refractivity contribution is 0.318. The van der Waals surface area contributed by atoms with E-state index in [0.717, 1.165) is 10.2 Å². The summed E-state index contributed by atoms with van der Waals surface area (Å²) in [7, 11) is 0. The number of aromatic amines is 1. The SMILES string of the molecule is O=c1[nH]nc(CSCC(Br)Oc2ccc(Br)cc2)o1. The number of alkyl halides is 1. The largest absolute Gasteiger partial charge is 0.478 e. The minimum atomic E-state index is -0.530. The van der Waals surface area contributed by atoms with Gasteiger partial charge in [0.25, 0.3) is 0 Å². The van der Waals surface area contributed by atoms with Crippen LogP contribution in [0.25, 0.3) is 0 Å². The predicted octanol–water partition coefficient (Wildman–Crippen LogP) is 3.16. The Morgan fingerprint density at radius 2 is 2.16 bits per heavy atom. The van der Waals surface area contributed by atoms with Crippen molar-refractivity contribution in [1.29, 1.82) is 0 Å². The van der Waals surface area contributed by atoms with Crippen molar-refractivity contribution in [2.45, 2.75) is 10.8 Å². The Morgan fingerprint density at radius 3 is 2.79 bits per heavy atom. The number of nitrogens with one attached hydrogen (secondary N) is 1. The van der Waals surface area contributed by atoms with Crippen LogP contribution in [0.1, 0.15) is 5.89 Å². The number of thioether (sulfide) groups is 1. The number of ether oxygens (including phenoxy) is 1. The second-order valence-electron chi connectivity index (χ2n) is 3.50. The van der Waals surface area contributed by atoms with Crippen LogP contribution in [0.4, 0.5) is 0 Å². The Balaban J connectivity index is 1.74. The van der Waals surface area contributed by atoms with Gasteiger partial charge in [-0.2, -0.15) is 0 Å². The van der Waals surface area contributed by atoms with E-state index in [1.165, 1.54) is 0 Å². The third-order valence-electron chi connectivity index (χ3n) is 2.03. The van der Waals surface area contributed by atoms with E-state index in [9.17, 15) is 4.79 Å². The van der Waals surface area contributed by atoms with Crippen LogP contribution in [0.3, 0.4) is 0 Å². The molecule has 0 bridgehead atoms. The molecule has 1 atom stereocenters. The fourth-order valence-corrected chi connectivity index (χ4v) is 2.97. The molecule has 0 saturated heterocycles. The number of aromatic nitrogens is 2. The van der Waals surface area contributed by atoms with E-state index >= 15 is 0 Å². The third kappa shape index (κ3) is 5.04. The van der Waals surface area contributed by atoms with E-state index in [0.29, 0.717) is 17.4 Å². The summed E-state index contributed by atoms with van der Waals surface area (Å²) in [4.78, 5) is 10.7. The minimum Gasteiger partial charge on any atom is -0.478 e. The predicted molar refractivity (Wildman–Crippen MR) is 80.8 cm³/mol. The van der Waals surface area contributed by atoms with Crippen molar-refractivity contribution < 1.29 is 9.15 Å². The molecule has 1 heterocycles. The van der Waals surface area contributed by atoms with Gasteiger partial charge in [-0.15, -0.1) is 16.9 Å². The number of nitrogens with zero attached hydrogens (tertiary/aromatic N) is 1. The Labute approximate surface area is 130 Å². The lowest BCUT2D eigenvalue weighted by Crippen LogP contribution is -2.11. The van der Waals surface area contributed by atoms with Crippen LogP contribution in [0.5, 0.6) is 5.75 Å². The molecule has 2 aromatic rings. The smallest absolute Gasteiger partial charge is 0.434 e. The Kier molecular flexibility index (Phi) is 5.53. The van der Waals surface area contributed by atoms with Gasteiger partial charge in [-0.25, -0.2) is 9.89 Å². The summed E-state index contributed by atoms with van der Waals surface area (Å²) in [6.07, 6.45) is 0. The van der Waals surface area contributed by atoms with Crippen LogP contribution in [-0.4, -0.2) is 21.0 Å². The fraction of sp³-hybridized carbons (Fsp3) is 0.273. The van der Waals surface area contributed by atoms with Crippen LogP contribution in [0.15, 0.2) is 37.9 Å². The van der Waals surface area contributed by atoms with E-state index in [1.807, 2.05) is 24.3 Å². The maximum atomic E-state index is 10.7. The molecule has 0 amide bonds. The molecule has 0 spiro atoms. The van der Waals surface area contributed by atoms with Crippen molar-refractivity contribution in [3.8, 4) is 5.75 Å². The molecule has 0 radical (unpaired) electrons. The Morgan fingerprint density at radius 1 is 1.42 bits per heavy atom. The summed E-state index contributed by atoms with van der Waals surface area (Å²) in [5.41, 5.74) is 0. The van der Waals surface area contributed by atoms with Crippen LogP contribution in [-0.2, 0) is 5.75 Å². The van der Waals surface area contributed by atoms with Gasteiger partial charge in [0.15, 0.2) is 5.01 Å². The maximum Gasteiger partial charge on any atom is 0.434 e. The highest BCUT2D eigenvalue weighted by Gasteiger charge is 2.08. The van der Waals surface area contributed by atoms with Crippen molar-refractivity contribution in [2.75, 3.05) is 5.75 Å². The molecule has 1 aromatic carbocycles. The number of halogens is 2. The molecular weight excluding hydrogens is 400 g/mol. The van der Waals surface area contributed by atoms with Gasteiger partial charge in [-0.3, -0.25) is 0 Å². The van der Waals surface area contributed by atoms with Crippen LogP contribution in [0, 0.1) is 0 Å². The molecule has 0 aliphatic carbocycles. The summed E-state index contributed by atoms with van der Waals surface area (Å²) in [6, 6.07) is 7.60. The van der Waals surface area contributed by atoms with Crippen molar-refractivity contribution in [1.82, 2.24) is 10.2 Å². The zero-order chi connectivity index (χ0) is 13.7. The van der Waals surface area contributed by atoms with Gasteiger partial charge >= 0.3 is 5.76 Å². The summed E-state index contributed by atoms with van der Waals surface area (Å²) < 4.78 is 11.5. The first-order chi connectivity index (χ1) is 9.13. The zero-order valence-corrected chi connectivity index (χ0v) is 13.6. The van der Waals surface area contributed by atoms with Crippen molar-refractivity contribution in [3.05, 3.63) is 45.2 Å².